The molecule has 1 fully saturated rings. The van der Waals surface area contributed by atoms with Crippen LogP contribution in [0.2, 0.25) is 0 Å². The topological polar surface area (TPSA) is 24.5 Å². The van der Waals surface area contributed by atoms with Crippen molar-refractivity contribution in [3.05, 3.63) is 29.8 Å². The second kappa shape index (κ2) is 5.07. The minimum Gasteiger partial charge on any atom is -0.497 e. The molecule has 1 aromatic rings. The van der Waals surface area contributed by atoms with E-state index in [2.05, 4.69) is 42.5 Å². The average molecular weight is 234 g/mol. The minimum atomic E-state index is 0.256. The summed E-state index contributed by atoms with van der Waals surface area (Å²) in [4.78, 5) is 2.35. The summed E-state index contributed by atoms with van der Waals surface area (Å²) in [6, 6.07) is 8.40. The first-order valence-electron chi connectivity index (χ1n) is 6.17. The van der Waals surface area contributed by atoms with Gasteiger partial charge in [0.05, 0.1) is 7.11 Å². The average Bonchev–Trinajstić information content (AvgIpc) is 2.79. The Bertz CT molecular complexity index is 370. The van der Waals surface area contributed by atoms with Crippen LogP contribution in [-0.4, -0.2) is 44.7 Å². The number of benzene rings is 1. The van der Waals surface area contributed by atoms with Crippen LogP contribution in [0.25, 0.3) is 0 Å². The zero-order chi connectivity index (χ0) is 12.3. The lowest BCUT2D eigenvalue weighted by atomic mass is 9.88. The van der Waals surface area contributed by atoms with Crippen molar-refractivity contribution < 1.29 is 4.74 Å². The highest BCUT2D eigenvalue weighted by Gasteiger charge is 2.35. The third kappa shape index (κ3) is 2.61. The second-order valence-electron chi connectivity index (χ2n) is 5.07. The summed E-state index contributed by atoms with van der Waals surface area (Å²) in [6.07, 6.45) is 2.28. The lowest BCUT2D eigenvalue weighted by Crippen LogP contribution is -2.47. The van der Waals surface area contributed by atoms with Crippen molar-refractivity contribution in [2.45, 2.75) is 18.4 Å². The third-order valence-corrected chi connectivity index (χ3v) is 3.84. The van der Waals surface area contributed by atoms with E-state index in [0.717, 1.165) is 25.3 Å². The van der Waals surface area contributed by atoms with E-state index in [1.165, 1.54) is 12.0 Å². The Kier molecular flexibility index (Phi) is 3.69. The first-order valence-corrected chi connectivity index (χ1v) is 6.17. The molecule has 1 atom stereocenters. The highest BCUT2D eigenvalue weighted by atomic mass is 16.5. The van der Waals surface area contributed by atoms with Crippen LogP contribution in [0.3, 0.4) is 0 Å². The van der Waals surface area contributed by atoms with E-state index in [-0.39, 0.29) is 5.54 Å². The fraction of sp³-hybridized carbons (Fsp3) is 0.571. The molecule has 3 nitrogen and oxygen atoms in total. The molecule has 0 aromatic heterocycles. The Hall–Kier alpha value is -1.06. The molecule has 1 unspecified atom stereocenters. The van der Waals surface area contributed by atoms with Gasteiger partial charge in [0, 0.05) is 12.1 Å². The Morgan fingerprint density at radius 2 is 2.24 bits per heavy atom. The van der Waals surface area contributed by atoms with Gasteiger partial charge in [0.1, 0.15) is 5.75 Å². The van der Waals surface area contributed by atoms with Gasteiger partial charge in [-0.25, -0.2) is 0 Å². The molecule has 2 rings (SSSR count). The maximum absolute atomic E-state index is 5.28. The Morgan fingerprint density at radius 1 is 1.41 bits per heavy atom. The third-order valence-electron chi connectivity index (χ3n) is 3.84. The molecule has 94 valence electrons. The molecule has 0 radical (unpaired) electrons. The Balaban J connectivity index is 2.17. The predicted octanol–water partition coefficient (Wildman–Crippen LogP) is 1.53. The highest BCUT2D eigenvalue weighted by Crippen LogP contribution is 2.26. The standard InChI is InChI=1S/C14H22N2O/c1-16(2)14(7-8-15-11-14)10-12-5-4-6-13(9-12)17-3/h4-6,9,15H,7-8,10-11H2,1-3H3. The molecule has 1 aromatic carbocycles. The van der Waals surface area contributed by atoms with Crippen LogP contribution < -0.4 is 10.1 Å². The van der Waals surface area contributed by atoms with Gasteiger partial charge in [-0.05, 0) is 51.2 Å². The van der Waals surface area contributed by atoms with Gasteiger partial charge in [0.2, 0.25) is 0 Å². The molecule has 1 heterocycles. The number of rotatable bonds is 4. The number of nitrogens with zero attached hydrogens (tertiary/aromatic N) is 1. The highest BCUT2D eigenvalue weighted by molar-refractivity contribution is 5.30. The van der Waals surface area contributed by atoms with Crippen molar-refractivity contribution in [1.82, 2.24) is 10.2 Å². The van der Waals surface area contributed by atoms with Crippen molar-refractivity contribution in [2.24, 2.45) is 0 Å². The van der Waals surface area contributed by atoms with E-state index in [0.29, 0.717) is 0 Å². The summed E-state index contributed by atoms with van der Waals surface area (Å²) in [5, 5.41) is 3.47. The molecule has 0 spiro atoms. The van der Waals surface area contributed by atoms with Crippen molar-refractivity contribution in [1.29, 1.82) is 0 Å². The maximum Gasteiger partial charge on any atom is 0.119 e. The number of hydrogen-bond donors (Lipinski definition) is 1. The second-order valence-corrected chi connectivity index (χ2v) is 5.07. The van der Waals surface area contributed by atoms with Crippen LogP contribution in [-0.2, 0) is 6.42 Å². The molecule has 0 bridgehead atoms. The zero-order valence-electron chi connectivity index (χ0n) is 11.0. The molecule has 0 aliphatic carbocycles. The molecule has 0 saturated carbocycles. The van der Waals surface area contributed by atoms with Gasteiger partial charge in [-0.1, -0.05) is 12.1 Å². The van der Waals surface area contributed by atoms with E-state index >= 15 is 0 Å². The molecular formula is C14H22N2O. The van der Waals surface area contributed by atoms with Crippen LogP contribution in [0, 0.1) is 0 Å². The van der Waals surface area contributed by atoms with Gasteiger partial charge >= 0.3 is 0 Å². The van der Waals surface area contributed by atoms with Crippen LogP contribution >= 0.6 is 0 Å². The van der Waals surface area contributed by atoms with Crippen molar-refractivity contribution in [3.8, 4) is 5.75 Å². The number of likely N-dealkylation sites (N-methyl/N-ethyl adjacent to an activating group) is 1. The van der Waals surface area contributed by atoms with Crippen molar-refractivity contribution in [3.63, 3.8) is 0 Å². The van der Waals surface area contributed by atoms with E-state index in [4.69, 9.17) is 4.74 Å². The van der Waals surface area contributed by atoms with Crippen LogP contribution in [0.15, 0.2) is 24.3 Å². The largest absolute Gasteiger partial charge is 0.497 e. The maximum atomic E-state index is 5.28. The number of methoxy groups -OCH3 is 1. The van der Waals surface area contributed by atoms with Crippen LogP contribution in [0.1, 0.15) is 12.0 Å². The molecule has 3 heteroatoms. The number of nitrogens with one attached hydrogen (secondary N) is 1. The molecule has 0 amide bonds. The summed E-state index contributed by atoms with van der Waals surface area (Å²) >= 11 is 0. The van der Waals surface area contributed by atoms with Gasteiger partial charge in [0.25, 0.3) is 0 Å². The summed E-state index contributed by atoms with van der Waals surface area (Å²) < 4.78 is 5.28. The van der Waals surface area contributed by atoms with Gasteiger partial charge in [0.15, 0.2) is 0 Å². The fourth-order valence-corrected chi connectivity index (χ4v) is 2.58. The van der Waals surface area contributed by atoms with Gasteiger partial charge < -0.3 is 15.0 Å². The molecular weight excluding hydrogens is 212 g/mol. The number of ether oxygens (including phenoxy) is 1. The first kappa shape index (κ1) is 12.4. The smallest absolute Gasteiger partial charge is 0.119 e. The zero-order valence-corrected chi connectivity index (χ0v) is 11.0. The van der Waals surface area contributed by atoms with Gasteiger partial charge in [-0.2, -0.15) is 0 Å². The molecule has 1 aliphatic rings. The van der Waals surface area contributed by atoms with Crippen molar-refractivity contribution in [2.75, 3.05) is 34.3 Å². The lowest BCUT2D eigenvalue weighted by molar-refractivity contribution is 0.172. The Labute approximate surface area is 104 Å². The van der Waals surface area contributed by atoms with Gasteiger partial charge in [-0.15, -0.1) is 0 Å². The summed E-state index contributed by atoms with van der Waals surface area (Å²) in [6.45, 7) is 2.18. The predicted molar refractivity (Wildman–Crippen MR) is 70.6 cm³/mol. The quantitative estimate of drug-likeness (QED) is 0.855. The Morgan fingerprint density at radius 3 is 2.82 bits per heavy atom. The molecule has 1 N–H and O–H groups in total. The minimum absolute atomic E-state index is 0.256. The van der Waals surface area contributed by atoms with E-state index in [1.54, 1.807) is 7.11 Å². The monoisotopic (exact) mass is 234 g/mol. The summed E-state index contributed by atoms with van der Waals surface area (Å²) in [5.41, 5.74) is 1.61. The molecule has 1 aliphatic heterocycles. The molecule has 17 heavy (non-hydrogen) atoms. The first-order chi connectivity index (χ1) is 8.16. The van der Waals surface area contributed by atoms with E-state index < -0.39 is 0 Å². The van der Waals surface area contributed by atoms with Gasteiger partial charge in [-0.3, -0.25) is 0 Å². The van der Waals surface area contributed by atoms with E-state index in [1.807, 2.05) is 6.07 Å². The lowest BCUT2D eigenvalue weighted by Gasteiger charge is -2.36. The number of hydrogen-bond acceptors (Lipinski definition) is 3. The van der Waals surface area contributed by atoms with Crippen molar-refractivity contribution >= 4 is 0 Å². The van der Waals surface area contributed by atoms with E-state index in [9.17, 15) is 0 Å². The normalized spacial score (nSPS) is 24.2. The summed E-state index contributed by atoms with van der Waals surface area (Å²) in [5.74, 6) is 0.947. The fourth-order valence-electron chi connectivity index (χ4n) is 2.58. The molecule has 1 saturated heterocycles. The summed E-state index contributed by atoms with van der Waals surface area (Å²) in [7, 11) is 6.07. The van der Waals surface area contributed by atoms with Crippen LogP contribution in [0.4, 0.5) is 0 Å². The SMILES string of the molecule is COc1cccc(CC2(N(C)C)CCNC2)c1. The van der Waals surface area contributed by atoms with Crippen LogP contribution in [0.5, 0.6) is 5.75 Å².